The highest BCUT2D eigenvalue weighted by atomic mass is 35.5. The first kappa shape index (κ1) is 19.0. The van der Waals surface area contributed by atoms with Crippen molar-refractivity contribution < 1.29 is 18.7 Å². The van der Waals surface area contributed by atoms with Crippen LogP contribution in [-0.2, 0) is 20.7 Å². The molecule has 3 rings (SSSR count). The molecule has 27 heavy (non-hydrogen) atoms. The maximum absolute atomic E-state index is 12.1. The van der Waals surface area contributed by atoms with Crippen molar-refractivity contribution in [3.05, 3.63) is 63.9 Å². The zero-order valence-corrected chi connectivity index (χ0v) is 16.1. The molecule has 0 saturated heterocycles. The average Bonchev–Trinajstić information content (AvgIpc) is 2.98. The van der Waals surface area contributed by atoms with Crippen LogP contribution in [-0.4, -0.2) is 18.5 Å². The lowest BCUT2D eigenvalue weighted by atomic mass is 10.1. The summed E-state index contributed by atoms with van der Waals surface area (Å²) in [5, 5.41) is 4.01. The lowest BCUT2D eigenvalue weighted by molar-refractivity contribution is -0.146. The molecule has 1 amide bonds. The molecule has 1 N–H and O–H groups in total. The zero-order chi connectivity index (χ0) is 19.6. The number of rotatable bonds is 5. The van der Waals surface area contributed by atoms with Gasteiger partial charge in [-0.3, -0.25) is 9.59 Å². The Morgan fingerprint density at radius 3 is 2.63 bits per heavy atom. The molecule has 0 bridgehead atoms. The predicted molar refractivity (Wildman–Crippen MR) is 105 cm³/mol. The summed E-state index contributed by atoms with van der Waals surface area (Å²) in [7, 11) is 0. The summed E-state index contributed by atoms with van der Waals surface area (Å²) in [6.07, 6.45) is 1.58. The molecule has 0 saturated carbocycles. The average molecular weight is 386 g/mol. The first-order valence-corrected chi connectivity index (χ1v) is 8.90. The third-order valence-corrected chi connectivity index (χ3v) is 4.50. The second kappa shape index (κ2) is 7.84. The summed E-state index contributed by atoms with van der Waals surface area (Å²) in [6.45, 7) is 5.37. The number of halogens is 1. The molecule has 0 unspecified atom stereocenters. The minimum absolute atomic E-state index is 0.0354. The van der Waals surface area contributed by atoms with Crippen molar-refractivity contribution in [1.29, 1.82) is 0 Å². The lowest BCUT2D eigenvalue weighted by Gasteiger charge is -2.11. The van der Waals surface area contributed by atoms with E-state index in [1.165, 1.54) is 0 Å². The third kappa shape index (κ3) is 4.49. The van der Waals surface area contributed by atoms with Gasteiger partial charge in [-0.2, -0.15) is 0 Å². The van der Waals surface area contributed by atoms with Crippen molar-refractivity contribution in [3.63, 3.8) is 0 Å². The van der Waals surface area contributed by atoms with E-state index >= 15 is 0 Å². The molecule has 0 aliphatic rings. The number of ether oxygens (including phenoxy) is 1. The van der Waals surface area contributed by atoms with Crippen LogP contribution in [0, 0.1) is 20.8 Å². The zero-order valence-electron chi connectivity index (χ0n) is 15.4. The highest BCUT2D eigenvalue weighted by molar-refractivity contribution is 6.34. The van der Waals surface area contributed by atoms with E-state index in [1.54, 1.807) is 12.3 Å². The van der Waals surface area contributed by atoms with Crippen LogP contribution in [0.5, 0.6) is 0 Å². The first-order valence-electron chi connectivity index (χ1n) is 8.52. The number of carbonyl (C=O) groups is 2. The van der Waals surface area contributed by atoms with Crippen molar-refractivity contribution in [1.82, 2.24) is 0 Å². The Bertz CT molecular complexity index is 999. The third-order valence-electron chi connectivity index (χ3n) is 4.21. The van der Waals surface area contributed by atoms with Gasteiger partial charge in [0.2, 0.25) is 0 Å². The maximum Gasteiger partial charge on any atom is 0.310 e. The molecule has 3 aromatic rings. The van der Waals surface area contributed by atoms with Gasteiger partial charge in [0.05, 0.1) is 23.4 Å². The molecule has 0 aliphatic heterocycles. The smallest absolute Gasteiger partial charge is 0.310 e. The van der Waals surface area contributed by atoms with Gasteiger partial charge in [-0.15, -0.1) is 0 Å². The summed E-state index contributed by atoms with van der Waals surface area (Å²) in [6, 6.07) is 9.45. The summed E-state index contributed by atoms with van der Waals surface area (Å²) in [5.74, 6) is -0.940. The molecule has 0 fully saturated rings. The van der Waals surface area contributed by atoms with Crippen LogP contribution in [0.1, 0.15) is 22.3 Å². The number of furan rings is 1. The Hall–Kier alpha value is -2.79. The van der Waals surface area contributed by atoms with E-state index in [1.807, 2.05) is 45.0 Å². The number of aryl methyl sites for hydroxylation is 3. The predicted octanol–water partition coefficient (Wildman–Crippen LogP) is 4.74. The Morgan fingerprint density at radius 1 is 1.11 bits per heavy atom. The number of carbonyl (C=O) groups excluding carboxylic acids is 2. The van der Waals surface area contributed by atoms with E-state index < -0.39 is 11.9 Å². The highest BCUT2D eigenvalue weighted by Crippen LogP contribution is 2.27. The summed E-state index contributed by atoms with van der Waals surface area (Å²) < 4.78 is 10.6. The molecule has 140 valence electrons. The van der Waals surface area contributed by atoms with Crippen LogP contribution in [0.2, 0.25) is 5.02 Å². The largest absolute Gasteiger partial charge is 0.464 e. The summed E-state index contributed by atoms with van der Waals surface area (Å²) in [4.78, 5) is 24.2. The second-order valence-electron chi connectivity index (χ2n) is 6.58. The molecule has 1 heterocycles. The maximum atomic E-state index is 12.1. The van der Waals surface area contributed by atoms with Crippen LogP contribution < -0.4 is 5.32 Å². The Labute approximate surface area is 162 Å². The fraction of sp³-hybridized carbons (Fsp3) is 0.238. The van der Waals surface area contributed by atoms with E-state index in [9.17, 15) is 9.59 Å². The van der Waals surface area contributed by atoms with Gasteiger partial charge >= 0.3 is 5.97 Å². The number of amides is 1. The van der Waals surface area contributed by atoms with Gasteiger partial charge in [0.25, 0.3) is 5.91 Å². The summed E-state index contributed by atoms with van der Waals surface area (Å²) in [5.41, 5.74) is 4.91. The normalized spacial score (nSPS) is 10.8. The van der Waals surface area contributed by atoms with Gasteiger partial charge in [0, 0.05) is 10.9 Å². The van der Waals surface area contributed by atoms with Crippen molar-refractivity contribution in [2.45, 2.75) is 27.2 Å². The van der Waals surface area contributed by atoms with E-state index in [4.69, 9.17) is 20.8 Å². The second-order valence-corrected chi connectivity index (χ2v) is 6.99. The SMILES string of the molecule is Cc1cc(C)c(NC(=O)COC(=O)Cc2coc3cc(C)ccc23)c(Cl)c1. The van der Waals surface area contributed by atoms with Gasteiger partial charge in [0.15, 0.2) is 6.61 Å². The van der Waals surface area contributed by atoms with Gasteiger partial charge in [-0.05, 0) is 49.6 Å². The number of hydrogen-bond donors (Lipinski definition) is 1. The Kier molecular flexibility index (Phi) is 5.51. The van der Waals surface area contributed by atoms with Crippen LogP contribution >= 0.6 is 11.6 Å². The molecule has 1 aromatic heterocycles. The molecule has 6 heteroatoms. The van der Waals surface area contributed by atoms with Crippen molar-refractivity contribution in [2.75, 3.05) is 11.9 Å². The van der Waals surface area contributed by atoms with E-state index in [-0.39, 0.29) is 13.0 Å². The molecule has 0 spiro atoms. The molecule has 0 aliphatic carbocycles. The van der Waals surface area contributed by atoms with Crippen LogP contribution in [0.3, 0.4) is 0 Å². The molecule has 5 nitrogen and oxygen atoms in total. The fourth-order valence-electron chi connectivity index (χ4n) is 2.93. The number of nitrogens with one attached hydrogen (secondary N) is 1. The van der Waals surface area contributed by atoms with Crippen molar-refractivity contribution in [2.24, 2.45) is 0 Å². The highest BCUT2D eigenvalue weighted by Gasteiger charge is 2.14. The number of hydrogen-bond acceptors (Lipinski definition) is 4. The number of esters is 1. The quantitative estimate of drug-likeness (QED) is 0.644. The van der Waals surface area contributed by atoms with Crippen molar-refractivity contribution >= 4 is 40.1 Å². The van der Waals surface area contributed by atoms with Crippen LogP contribution in [0.4, 0.5) is 5.69 Å². The molecule has 0 radical (unpaired) electrons. The molecule has 2 aromatic carbocycles. The number of anilines is 1. The lowest BCUT2D eigenvalue weighted by Crippen LogP contribution is -2.22. The van der Waals surface area contributed by atoms with Gasteiger partial charge in [0.1, 0.15) is 5.58 Å². The topological polar surface area (TPSA) is 68.5 Å². The fourth-order valence-corrected chi connectivity index (χ4v) is 3.30. The molecular formula is C21H20ClNO4. The Morgan fingerprint density at radius 2 is 1.89 bits per heavy atom. The first-order chi connectivity index (χ1) is 12.8. The van der Waals surface area contributed by atoms with Gasteiger partial charge in [-0.1, -0.05) is 29.8 Å². The van der Waals surface area contributed by atoms with E-state index in [0.717, 1.165) is 33.2 Å². The van der Waals surface area contributed by atoms with Gasteiger partial charge < -0.3 is 14.5 Å². The minimum atomic E-state index is -0.500. The number of fused-ring (bicyclic) bond motifs is 1. The number of benzene rings is 2. The molecule has 0 atom stereocenters. The van der Waals surface area contributed by atoms with E-state index in [2.05, 4.69) is 5.32 Å². The minimum Gasteiger partial charge on any atom is -0.464 e. The van der Waals surface area contributed by atoms with Crippen LogP contribution in [0.25, 0.3) is 11.0 Å². The van der Waals surface area contributed by atoms with Crippen molar-refractivity contribution in [3.8, 4) is 0 Å². The Balaban J connectivity index is 1.58. The molecular weight excluding hydrogens is 366 g/mol. The summed E-state index contributed by atoms with van der Waals surface area (Å²) >= 11 is 6.17. The van der Waals surface area contributed by atoms with Gasteiger partial charge in [-0.25, -0.2) is 0 Å². The van der Waals surface area contributed by atoms with Crippen LogP contribution in [0.15, 0.2) is 41.0 Å². The van der Waals surface area contributed by atoms with E-state index in [0.29, 0.717) is 10.7 Å². The standard InChI is InChI=1S/C21H20ClNO4/c1-12-4-5-16-15(10-26-18(16)8-12)9-20(25)27-11-19(24)23-21-14(3)6-13(2)7-17(21)22/h4-8,10H,9,11H2,1-3H3,(H,23,24). The monoisotopic (exact) mass is 385 g/mol.